The van der Waals surface area contributed by atoms with E-state index in [9.17, 15) is 9.36 Å². The number of hydrogen-bond donors (Lipinski definition) is 3. The standard InChI is InChI=1S/CH4NO5P.K.H/c2-1(3)7-8(4,5)6;;/h(H2,2,3)(H2,4,5,6);;/q;+1;-1. The zero-order chi connectivity index (χ0) is 6.78. The van der Waals surface area contributed by atoms with Crippen LogP contribution >= 0.6 is 7.82 Å². The second-order valence-electron chi connectivity index (χ2n) is 0.901. The number of carbonyl (C=O) groups excluding carboxylic acids is 1. The van der Waals surface area contributed by atoms with Gasteiger partial charge in [0.15, 0.2) is 0 Å². The van der Waals surface area contributed by atoms with E-state index in [1.165, 1.54) is 0 Å². The maximum atomic E-state index is 9.61. The molecule has 0 fully saturated rings. The molecule has 4 N–H and O–H groups in total. The molecule has 50 valence electrons. The van der Waals surface area contributed by atoms with Crippen molar-refractivity contribution in [2.75, 3.05) is 0 Å². The van der Waals surface area contributed by atoms with Gasteiger partial charge in [-0.3, -0.25) is 9.79 Å². The third-order valence-corrected chi connectivity index (χ3v) is 0.627. The summed E-state index contributed by atoms with van der Waals surface area (Å²) in [6.45, 7) is 0. The topological polar surface area (TPSA) is 110 Å². The van der Waals surface area contributed by atoms with Gasteiger partial charge in [0.2, 0.25) is 0 Å². The van der Waals surface area contributed by atoms with Crippen molar-refractivity contribution in [2.45, 2.75) is 0 Å². The van der Waals surface area contributed by atoms with E-state index in [-0.39, 0.29) is 52.8 Å². The Morgan fingerprint density at radius 2 is 2.00 bits per heavy atom. The molecule has 0 aromatic carbocycles. The number of phosphoric ester groups is 1. The van der Waals surface area contributed by atoms with Crippen LogP contribution in [0.25, 0.3) is 0 Å². The van der Waals surface area contributed by atoms with Crippen molar-refractivity contribution in [3.63, 3.8) is 0 Å². The third kappa shape index (κ3) is 12.3. The number of primary amides is 1. The SMILES string of the molecule is NC(=O)OP(=O)(O)O.[H-].[K+]. The van der Waals surface area contributed by atoms with Gasteiger partial charge < -0.3 is 11.7 Å². The van der Waals surface area contributed by atoms with E-state index in [2.05, 4.69) is 10.3 Å². The molecule has 0 saturated carbocycles. The fourth-order valence-corrected chi connectivity index (χ4v) is 0.352. The quantitative estimate of drug-likeness (QED) is 0.285. The Hall–Kier alpha value is 1.06. The summed E-state index contributed by atoms with van der Waals surface area (Å²) in [7, 11) is -4.70. The number of amides is 1. The minimum Gasteiger partial charge on any atom is -1.00 e. The molecule has 1 amide bonds. The van der Waals surface area contributed by atoms with Crippen molar-refractivity contribution in [3.8, 4) is 0 Å². The summed E-state index contributed by atoms with van der Waals surface area (Å²) in [6.07, 6.45) is -1.49. The van der Waals surface area contributed by atoms with Crippen LogP contribution in [-0.4, -0.2) is 15.9 Å². The Kier molecular flexibility index (Phi) is 6.79. The smallest absolute Gasteiger partial charge is 1.00 e. The summed E-state index contributed by atoms with van der Waals surface area (Å²) >= 11 is 0. The molecule has 0 spiro atoms. The summed E-state index contributed by atoms with van der Waals surface area (Å²) in [5.41, 5.74) is 4.23. The summed E-state index contributed by atoms with van der Waals surface area (Å²) in [5.74, 6) is 0. The first kappa shape index (κ1) is 12.7. The Bertz CT molecular complexity index is 145. The molecule has 0 unspecified atom stereocenters. The first-order valence-electron chi connectivity index (χ1n) is 1.46. The molecule has 0 aliphatic rings. The van der Waals surface area contributed by atoms with Crippen molar-refractivity contribution < 1.29 is 76.5 Å². The van der Waals surface area contributed by atoms with E-state index in [0.29, 0.717) is 0 Å². The molecule has 0 radical (unpaired) electrons. The molecule has 9 heavy (non-hydrogen) atoms. The monoisotopic (exact) mass is 181 g/mol. The summed E-state index contributed by atoms with van der Waals surface area (Å²) in [6, 6.07) is 0. The molecule has 0 heterocycles. The maximum Gasteiger partial charge on any atom is 1.00 e. The molecule has 0 saturated heterocycles. The molecule has 0 bridgehead atoms. The second-order valence-corrected chi connectivity index (χ2v) is 2.06. The fourth-order valence-electron chi connectivity index (χ4n) is 0.117. The number of carbonyl (C=O) groups is 1. The van der Waals surface area contributed by atoms with Gasteiger partial charge in [-0.25, -0.2) is 9.36 Å². The van der Waals surface area contributed by atoms with Crippen LogP contribution in [0.1, 0.15) is 1.43 Å². The fraction of sp³-hybridized carbons (Fsp3) is 0. The number of hydrogen-bond acceptors (Lipinski definition) is 3. The molecular formula is CH5KNO5P. The van der Waals surface area contributed by atoms with Gasteiger partial charge in [0, 0.05) is 0 Å². The van der Waals surface area contributed by atoms with E-state index >= 15 is 0 Å². The molecule has 0 aromatic heterocycles. The molecule has 0 rings (SSSR count). The molecule has 0 aromatic rings. The largest absolute Gasteiger partial charge is 1.00 e. The van der Waals surface area contributed by atoms with E-state index in [1.807, 2.05) is 0 Å². The third-order valence-electron chi connectivity index (χ3n) is 0.209. The Balaban J connectivity index is -0.000000245. The van der Waals surface area contributed by atoms with Gasteiger partial charge >= 0.3 is 65.3 Å². The molecular weight excluding hydrogens is 176 g/mol. The molecule has 0 aliphatic carbocycles. The Labute approximate surface area is 94.9 Å². The van der Waals surface area contributed by atoms with E-state index in [1.54, 1.807) is 0 Å². The normalized spacial score (nSPS) is 9.56. The zero-order valence-electron chi connectivity index (χ0n) is 5.64. The van der Waals surface area contributed by atoms with Gasteiger partial charge in [-0.2, -0.15) is 0 Å². The Morgan fingerprint density at radius 3 is 2.00 bits per heavy atom. The van der Waals surface area contributed by atoms with Gasteiger partial charge in [-0.15, -0.1) is 0 Å². The van der Waals surface area contributed by atoms with Gasteiger partial charge in [-0.1, -0.05) is 0 Å². The predicted octanol–water partition coefficient (Wildman–Crippen LogP) is -3.71. The maximum absolute atomic E-state index is 9.61. The van der Waals surface area contributed by atoms with Gasteiger partial charge in [0.1, 0.15) is 0 Å². The van der Waals surface area contributed by atoms with Gasteiger partial charge in [-0.05, 0) is 0 Å². The van der Waals surface area contributed by atoms with Gasteiger partial charge in [0.05, 0.1) is 0 Å². The van der Waals surface area contributed by atoms with Crippen molar-refractivity contribution in [3.05, 3.63) is 0 Å². The summed E-state index contributed by atoms with van der Waals surface area (Å²) in [5, 5.41) is 0. The number of phosphoric acid groups is 1. The van der Waals surface area contributed by atoms with E-state index in [0.717, 1.165) is 0 Å². The Morgan fingerprint density at radius 1 is 1.67 bits per heavy atom. The minimum atomic E-state index is -4.70. The second kappa shape index (κ2) is 4.81. The van der Waals surface area contributed by atoms with Crippen LogP contribution < -0.4 is 57.1 Å². The average molecular weight is 181 g/mol. The van der Waals surface area contributed by atoms with Crippen LogP contribution in [-0.2, 0) is 9.09 Å². The summed E-state index contributed by atoms with van der Waals surface area (Å²) < 4.78 is 12.9. The van der Waals surface area contributed by atoms with Gasteiger partial charge in [0.25, 0.3) is 0 Å². The number of rotatable bonds is 1. The van der Waals surface area contributed by atoms with E-state index < -0.39 is 13.9 Å². The first-order chi connectivity index (χ1) is 3.42. The number of nitrogens with two attached hydrogens (primary N) is 1. The molecule has 6 nitrogen and oxygen atoms in total. The predicted molar refractivity (Wildman–Crippen MR) is 23.8 cm³/mol. The van der Waals surface area contributed by atoms with Crippen molar-refractivity contribution in [2.24, 2.45) is 5.73 Å². The van der Waals surface area contributed by atoms with Crippen molar-refractivity contribution in [1.82, 2.24) is 0 Å². The molecule has 0 aliphatic heterocycles. The van der Waals surface area contributed by atoms with Crippen LogP contribution in [0.5, 0.6) is 0 Å². The zero-order valence-corrected chi connectivity index (χ0v) is 8.66. The van der Waals surface area contributed by atoms with Crippen molar-refractivity contribution in [1.29, 1.82) is 0 Å². The minimum absolute atomic E-state index is 0. The van der Waals surface area contributed by atoms with E-state index in [4.69, 9.17) is 9.79 Å². The van der Waals surface area contributed by atoms with Crippen LogP contribution in [0.4, 0.5) is 4.79 Å². The molecule has 8 heteroatoms. The average Bonchev–Trinajstić information content (AvgIpc) is 1.21. The van der Waals surface area contributed by atoms with Crippen LogP contribution in [0.15, 0.2) is 0 Å². The molecule has 0 atom stereocenters. The van der Waals surface area contributed by atoms with Crippen LogP contribution in [0.2, 0.25) is 0 Å². The van der Waals surface area contributed by atoms with Crippen molar-refractivity contribution >= 4 is 13.9 Å². The summed E-state index contributed by atoms with van der Waals surface area (Å²) in [4.78, 5) is 25.1. The van der Waals surface area contributed by atoms with Crippen LogP contribution in [0.3, 0.4) is 0 Å². The van der Waals surface area contributed by atoms with Crippen LogP contribution in [0, 0.1) is 0 Å². The first-order valence-corrected chi connectivity index (χ1v) is 2.99.